The van der Waals surface area contributed by atoms with Gasteiger partial charge in [0, 0.05) is 18.0 Å². The van der Waals surface area contributed by atoms with Crippen LogP contribution in [0.2, 0.25) is 0 Å². The zero-order valence-corrected chi connectivity index (χ0v) is 13.8. The van der Waals surface area contributed by atoms with Crippen LogP contribution in [0.1, 0.15) is 0 Å². The van der Waals surface area contributed by atoms with Crippen LogP contribution >= 0.6 is 0 Å². The fraction of sp³-hybridized carbons (Fsp3) is 0.0500. The summed E-state index contributed by atoms with van der Waals surface area (Å²) in [7, 11) is 0. The minimum atomic E-state index is 0.138. The van der Waals surface area contributed by atoms with E-state index in [1.54, 1.807) is 24.9 Å². The van der Waals surface area contributed by atoms with Crippen molar-refractivity contribution in [2.45, 2.75) is 0 Å². The molecule has 0 atom stereocenters. The van der Waals surface area contributed by atoms with Crippen LogP contribution < -0.4 is 9.47 Å². The summed E-state index contributed by atoms with van der Waals surface area (Å²) in [6.07, 6.45) is 6.45. The SMILES string of the molecule is c1ccc(OCOc2ccc(-c3nc(-c4cnccn4)co3)cc2)cc1. The van der Waals surface area contributed by atoms with E-state index in [0.29, 0.717) is 23.0 Å². The van der Waals surface area contributed by atoms with E-state index in [1.807, 2.05) is 54.6 Å². The maximum Gasteiger partial charge on any atom is 0.230 e. The van der Waals surface area contributed by atoms with Gasteiger partial charge in [-0.15, -0.1) is 0 Å². The second-order valence-corrected chi connectivity index (χ2v) is 5.37. The van der Waals surface area contributed by atoms with E-state index in [-0.39, 0.29) is 6.79 Å². The molecule has 0 unspecified atom stereocenters. The van der Waals surface area contributed by atoms with E-state index < -0.39 is 0 Å². The van der Waals surface area contributed by atoms with Crippen molar-refractivity contribution in [3.63, 3.8) is 0 Å². The summed E-state index contributed by atoms with van der Waals surface area (Å²) in [4.78, 5) is 12.7. The molecule has 4 rings (SSSR count). The van der Waals surface area contributed by atoms with Gasteiger partial charge in [-0.25, -0.2) is 4.98 Å². The molecule has 2 aromatic heterocycles. The molecule has 0 bridgehead atoms. The molecule has 0 aliphatic heterocycles. The van der Waals surface area contributed by atoms with Crippen LogP contribution in [0.3, 0.4) is 0 Å². The van der Waals surface area contributed by atoms with Gasteiger partial charge in [0.15, 0.2) is 0 Å². The summed E-state index contributed by atoms with van der Waals surface area (Å²) in [5, 5.41) is 0. The van der Waals surface area contributed by atoms with E-state index in [0.717, 1.165) is 11.3 Å². The molecule has 0 fully saturated rings. The van der Waals surface area contributed by atoms with Crippen molar-refractivity contribution in [1.29, 1.82) is 0 Å². The lowest BCUT2D eigenvalue weighted by atomic mass is 10.2. The molecular weight excluding hydrogens is 330 g/mol. The summed E-state index contributed by atoms with van der Waals surface area (Å²) in [6.45, 7) is 0.138. The van der Waals surface area contributed by atoms with Gasteiger partial charge >= 0.3 is 0 Å². The summed E-state index contributed by atoms with van der Waals surface area (Å²) >= 11 is 0. The van der Waals surface area contributed by atoms with Crippen LogP contribution in [0.15, 0.2) is 83.9 Å². The number of benzene rings is 2. The van der Waals surface area contributed by atoms with Crippen molar-refractivity contribution in [2.75, 3.05) is 6.79 Å². The highest BCUT2D eigenvalue weighted by molar-refractivity contribution is 5.60. The first-order valence-electron chi connectivity index (χ1n) is 8.01. The molecule has 0 spiro atoms. The van der Waals surface area contributed by atoms with Gasteiger partial charge in [-0.05, 0) is 36.4 Å². The first-order chi connectivity index (χ1) is 12.9. The summed E-state index contributed by atoms with van der Waals surface area (Å²) in [5.41, 5.74) is 2.15. The largest absolute Gasteiger partial charge is 0.458 e. The zero-order chi connectivity index (χ0) is 17.6. The van der Waals surface area contributed by atoms with Gasteiger partial charge in [0.1, 0.15) is 29.2 Å². The van der Waals surface area contributed by atoms with Crippen LogP contribution in [0.4, 0.5) is 0 Å². The monoisotopic (exact) mass is 345 g/mol. The average molecular weight is 345 g/mol. The van der Waals surface area contributed by atoms with Crippen LogP contribution in [-0.4, -0.2) is 21.7 Å². The number of hydrogen-bond donors (Lipinski definition) is 0. The van der Waals surface area contributed by atoms with Gasteiger partial charge in [-0.3, -0.25) is 9.97 Å². The highest BCUT2D eigenvalue weighted by Gasteiger charge is 2.09. The predicted molar refractivity (Wildman–Crippen MR) is 95.5 cm³/mol. The number of aromatic nitrogens is 3. The third-order valence-corrected chi connectivity index (χ3v) is 3.63. The number of para-hydroxylation sites is 1. The van der Waals surface area contributed by atoms with Gasteiger partial charge in [0.25, 0.3) is 0 Å². The molecule has 128 valence electrons. The van der Waals surface area contributed by atoms with Gasteiger partial charge < -0.3 is 13.9 Å². The lowest BCUT2D eigenvalue weighted by Gasteiger charge is -2.08. The zero-order valence-electron chi connectivity index (χ0n) is 13.8. The molecule has 0 aliphatic rings. The van der Waals surface area contributed by atoms with Gasteiger partial charge in [0.05, 0.1) is 6.20 Å². The molecule has 0 aliphatic carbocycles. The molecule has 4 aromatic rings. The smallest absolute Gasteiger partial charge is 0.230 e. The second-order valence-electron chi connectivity index (χ2n) is 5.37. The molecule has 26 heavy (non-hydrogen) atoms. The predicted octanol–water partition coefficient (Wildman–Crippen LogP) is 4.21. The molecule has 2 heterocycles. The van der Waals surface area contributed by atoms with Crippen LogP contribution in [0.5, 0.6) is 11.5 Å². The Morgan fingerprint density at radius 1 is 0.808 bits per heavy atom. The number of hydrogen-bond acceptors (Lipinski definition) is 6. The first-order valence-corrected chi connectivity index (χ1v) is 8.01. The quantitative estimate of drug-likeness (QED) is 0.487. The Bertz CT molecular complexity index is 955. The van der Waals surface area contributed by atoms with Crippen molar-refractivity contribution in [1.82, 2.24) is 15.0 Å². The Hall–Kier alpha value is -3.67. The molecule has 0 saturated carbocycles. The fourth-order valence-electron chi connectivity index (χ4n) is 2.33. The Morgan fingerprint density at radius 2 is 1.58 bits per heavy atom. The minimum absolute atomic E-state index is 0.138. The lowest BCUT2D eigenvalue weighted by Crippen LogP contribution is -2.05. The summed E-state index contributed by atoms with van der Waals surface area (Å²) in [6, 6.07) is 17.0. The molecule has 0 saturated heterocycles. The summed E-state index contributed by atoms with van der Waals surface area (Å²) in [5.74, 6) is 1.98. The first kappa shape index (κ1) is 15.8. The number of rotatable bonds is 6. The summed E-state index contributed by atoms with van der Waals surface area (Å²) < 4.78 is 16.6. The maximum atomic E-state index is 5.58. The van der Waals surface area contributed by atoms with E-state index in [9.17, 15) is 0 Å². The van der Waals surface area contributed by atoms with E-state index in [4.69, 9.17) is 13.9 Å². The van der Waals surface area contributed by atoms with E-state index in [1.165, 1.54) is 0 Å². The molecular formula is C20H15N3O3. The lowest BCUT2D eigenvalue weighted by molar-refractivity contribution is 0.120. The average Bonchev–Trinajstić information content (AvgIpc) is 3.20. The maximum absolute atomic E-state index is 5.58. The topological polar surface area (TPSA) is 70.3 Å². The molecule has 0 N–H and O–H groups in total. The van der Waals surface area contributed by atoms with Crippen molar-refractivity contribution in [3.8, 4) is 34.3 Å². The number of nitrogens with zero attached hydrogens (tertiary/aromatic N) is 3. The molecule has 2 aromatic carbocycles. The Labute approximate surface area is 150 Å². The molecule has 0 amide bonds. The number of oxazole rings is 1. The van der Waals surface area contributed by atoms with Crippen LogP contribution in [0.25, 0.3) is 22.8 Å². The second kappa shape index (κ2) is 7.48. The van der Waals surface area contributed by atoms with Gasteiger partial charge in [-0.2, -0.15) is 0 Å². The number of ether oxygens (including phenoxy) is 2. The van der Waals surface area contributed by atoms with Crippen molar-refractivity contribution in [2.24, 2.45) is 0 Å². The van der Waals surface area contributed by atoms with Crippen LogP contribution in [-0.2, 0) is 0 Å². The van der Waals surface area contributed by atoms with Crippen LogP contribution in [0, 0.1) is 0 Å². The Balaban J connectivity index is 1.39. The molecule has 6 nitrogen and oxygen atoms in total. The third kappa shape index (κ3) is 3.70. The fourth-order valence-corrected chi connectivity index (χ4v) is 2.33. The highest BCUT2D eigenvalue weighted by Crippen LogP contribution is 2.25. The van der Waals surface area contributed by atoms with E-state index >= 15 is 0 Å². The van der Waals surface area contributed by atoms with Gasteiger partial charge in [0.2, 0.25) is 12.7 Å². The highest BCUT2D eigenvalue weighted by atomic mass is 16.7. The van der Waals surface area contributed by atoms with Crippen molar-refractivity contribution >= 4 is 0 Å². The normalized spacial score (nSPS) is 10.5. The third-order valence-electron chi connectivity index (χ3n) is 3.63. The standard InChI is InChI=1S/C20H15N3O3/c1-2-4-16(5-3-1)25-14-26-17-8-6-15(7-9-17)20-23-19(13-24-20)18-12-21-10-11-22-18/h1-13H,14H2. The molecule has 0 radical (unpaired) electrons. The Morgan fingerprint density at radius 3 is 2.31 bits per heavy atom. The van der Waals surface area contributed by atoms with E-state index in [2.05, 4.69) is 15.0 Å². The molecule has 6 heteroatoms. The minimum Gasteiger partial charge on any atom is -0.458 e. The van der Waals surface area contributed by atoms with Crippen molar-refractivity contribution < 1.29 is 13.9 Å². The Kier molecular flexibility index (Phi) is 4.56. The van der Waals surface area contributed by atoms with Crippen molar-refractivity contribution in [3.05, 3.63) is 79.5 Å². The van der Waals surface area contributed by atoms with Gasteiger partial charge in [-0.1, -0.05) is 18.2 Å².